The molecule has 1 heterocycles. The minimum absolute atomic E-state index is 0.00222. The topological polar surface area (TPSA) is 101 Å². The number of hydrogen-bond donors (Lipinski definition) is 1. The monoisotopic (exact) mass is 429 g/mol. The van der Waals surface area contributed by atoms with Crippen molar-refractivity contribution in [3.05, 3.63) is 58.4 Å². The van der Waals surface area contributed by atoms with E-state index in [0.29, 0.717) is 6.61 Å². The van der Waals surface area contributed by atoms with Crippen LogP contribution in [-0.4, -0.2) is 38.9 Å². The molecule has 0 fully saturated rings. The molecule has 1 amide bonds. The van der Waals surface area contributed by atoms with Gasteiger partial charge in [-0.2, -0.15) is 5.26 Å². The fourth-order valence-corrected chi connectivity index (χ4v) is 4.01. The molecule has 7 nitrogen and oxygen atoms in total. The Morgan fingerprint density at radius 1 is 1.30 bits per heavy atom. The van der Waals surface area contributed by atoms with Crippen molar-refractivity contribution in [1.82, 2.24) is 9.88 Å². The van der Waals surface area contributed by atoms with Gasteiger partial charge in [-0.25, -0.2) is 8.42 Å². The second-order valence-electron chi connectivity index (χ2n) is 7.27. The Hall–Kier alpha value is -2.89. The van der Waals surface area contributed by atoms with E-state index in [-0.39, 0.29) is 23.1 Å². The second kappa shape index (κ2) is 9.74. The van der Waals surface area contributed by atoms with Crippen LogP contribution in [0.4, 0.5) is 0 Å². The number of methoxy groups -OCH3 is 1. The van der Waals surface area contributed by atoms with E-state index in [4.69, 9.17) is 4.74 Å². The first kappa shape index (κ1) is 23.4. The maximum atomic E-state index is 12.5. The molecule has 0 aliphatic carbocycles. The molecule has 0 saturated carbocycles. The number of carbonyl (C=O) groups is 1. The van der Waals surface area contributed by atoms with Gasteiger partial charge in [-0.3, -0.25) is 4.79 Å². The zero-order valence-electron chi connectivity index (χ0n) is 17.9. The van der Waals surface area contributed by atoms with E-state index in [1.165, 1.54) is 12.1 Å². The van der Waals surface area contributed by atoms with E-state index < -0.39 is 15.7 Å². The maximum Gasteiger partial charge on any atom is 0.262 e. The summed E-state index contributed by atoms with van der Waals surface area (Å²) in [7, 11) is -1.62. The first-order valence-electron chi connectivity index (χ1n) is 9.44. The molecule has 8 heteroatoms. The number of nitrogens with zero attached hydrogens (tertiary/aromatic N) is 2. The van der Waals surface area contributed by atoms with E-state index in [2.05, 4.69) is 9.88 Å². The normalized spacial score (nSPS) is 13.0. The average Bonchev–Trinajstić information content (AvgIpc) is 2.97. The minimum Gasteiger partial charge on any atom is -0.383 e. The number of nitrogens with one attached hydrogen (secondary N) is 1. The molecular weight excluding hydrogens is 402 g/mol. The number of aryl methyl sites for hydroxylation is 1. The summed E-state index contributed by atoms with van der Waals surface area (Å²) in [4.78, 5) is 12.7. The molecule has 1 aromatic heterocycles. The lowest BCUT2D eigenvalue weighted by Gasteiger charge is -2.17. The van der Waals surface area contributed by atoms with Crippen LogP contribution >= 0.6 is 0 Å². The summed E-state index contributed by atoms with van der Waals surface area (Å²) in [5, 5.41) is 12.2. The van der Waals surface area contributed by atoms with Gasteiger partial charge in [-0.05, 0) is 56.2 Å². The molecule has 2 aromatic rings. The van der Waals surface area contributed by atoms with Crippen molar-refractivity contribution in [2.45, 2.75) is 38.3 Å². The molecule has 1 unspecified atom stereocenters. The van der Waals surface area contributed by atoms with E-state index in [1.807, 2.05) is 32.9 Å². The van der Waals surface area contributed by atoms with Crippen LogP contribution in [0.25, 0.3) is 6.08 Å². The molecule has 1 aromatic carbocycles. The molecule has 160 valence electrons. The van der Waals surface area contributed by atoms with Crippen LogP contribution in [0.1, 0.15) is 35.5 Å². The minimum atomic E-state index is -3.27. The highest BCUT2D eigenvalue weighted by Crippen LogP contribution is 2.23. The number of benzene rings is 1. The summed E-state index contributed by atoms with van der Waals surface area (Å²) >= 11 is 0. The molecule has 0 spiro atoms. The number of amides is 1. The van der Waals surface area contributed by atoms with Crippen LogP contribution < -0.4 is 5.32 Å². The van der Waals surface area contributed by atoms with Crippen molar-refractivity contribution >= 4 is 21.8 Å². The molecule has 1 N–H and O–H groups in total. The van der Waals surface area contributed by atoms with Crippen molar-refractivity contribution in [2.24, 2.45) is 0 Å². The Morgan fingerprint density at radius 3 is 2.47 bits per heavy atom. The third-order valence-corrected chi connectivity index (χ3v) is 5.97. The number of hydrogen-bond acceptors (Lipinski definition) is 5. The second-order valence-corrected chi connectivity index (χ2v) is 9.29. The van der Waals surface area contributed by atoms with E-state index >= 15 is 0 Å². The summed E-state index contributed by atoms with van der Waals surface area (Å²) < 4.78 is 30.4. The van der Waals surface area contributed by atoms with Gasteiger partial charge in [0.25, 0.3) is 5.91 Å². The largest absolute Gasteiger partial charge is 0.383 e. The molecule has 0 aliphatic rings. The van der Waals surface area contributed by atoms with E-state index in [1.54, 1.807) is 25.3 Å². The predicted molar refractivity (Wildman–Crippen MR) is 115 cm³/mol. The number of aromatic nitrogens is 1. The fraction of sp³-hybridized carbons (Fsp3) is 0.364. The van der Waals surface area contributed by atoms with Gasteiger partial charge in [-0.1, -0.05) is 12.1 Å². The van der Waals surface area contributed by atoms with Gasteiger partial charge in [0.05, 0.1) is 17.5 Å². The fourth-order valence-electron chi connectivity index (χ4n) is 3.38. The zero-order chi connectivity index (χ0) is 22.5. The molecule has 1 atom stereocenters. The average molecular weight is 430 g/mol. The van der Waals surface area contributed by atoms with Crippen molar-refractivity contribution in [1.29, 1.82) is 5.26 Å². The summed E-state index contributed by atoms with van der Waals surface area (Å²) in [6, 6.07) is 10.3. The molecule has 0 radical (unpaired) electrons. The Labute approximate surface area is 177 Å². The van der Waals surface area contributed by atoms with Gasteiger partial charge in [-0.15, -0.1) is 0 Å². The highest BCUT2D eigenvalue weighted by atomic mass is 32.2. The summed E-state index contributed by atoms with van der Waals surface area (Å²) in [5.41, 5.74) is 3.52. The highest BCUT2D eigenvalue weighted by Gasteiger charge is 2.16. The molecule has 30 heavy (non-hydrogen) atoms. The Bertz CT molecular complexity index is 1090. The van der Waals surface area contributed by atoms with Gasteiger partial charge in [0, 0.05) is 31.3 Å². The lowest BCUT2D eigenvalue weighted by molar-refractivity contribution is -0.117. The SMILES string of the molecule is COCC(C)n1c(C)cc(C=C(C#N)C(=O)NCc2ccc(S(C)(=O)=O)cc2)c1C. The first-order chi connectivity index (χ1) is 14.1. The summed E-state index contributed by atoms with van der Waals surface area (Å²) in [6.07, 6.45) is 2.72. The Kier molecular flexibility index (Phi) is 7.59. The predicted octanol–water partition coefficient (Wildman–Crippen LogP) is 2.94. The summed E-state index contributed by atoms with van der Waals surface area (Å²) in [6.45, 7) is 6.71. The standard InChI is InChI=1S/C22H27N3O4S/c1-15-10-19(17(3)25(15)16(2)14-29-4)11-20(12-23)22(26)24-13-18-6-8-21(9-7-18)30(5,27)28/h6-11,16H,13-14H2,1-5H3,(H,24,26). The van der Waals surface area contributed by atoms with Gasteiger partial charge in [0.2, 0.25) is 0 Å². The number of nitriles is 1. The van der Waals surface area contributed by atoms with Crippen LogP contribution in [-0.2, 0) is 25.9 Å². The molecular formula is C22H27N3O4S. The third kappa shape index (κ3) is 5.59. The summed E-state index contributed by atoms with van der Waals surface area (Å²) in [5.74, 6) is -0.487. The Morgan fingerprint density at radius 2 is 1.93 bits per heavy atom. The Balaban J connectivity index is 2.16. The van der Waals surface area contributed by atoms with Gasteiger partial charge in [0.15, 0.2) is 9.84 Å². The lowest BCUT2D eigenvalue weighted by Crippen LogP contribution is -2.24. The molecule has 0 saturated heterocycles. The van der Waals surface area contributed by atoms with Crippen molar-refractivity contribution in [3.63, 3.8) is 0 Å². The number of carbonyl (C=O) groups excluding carboxylic acids is 1. The third-order valence-electron chi connectivity index (χ3n) is 4.84. The maximum absolute atomic E-state index is 12.5. The smallest absolute Gasteiger partial charge is 0.262 e. The lowest BCUT2D eigenvalue weighted by atomic mass is 10.1. The molecule has 0 bridgehead atoms. The van der Waals surface area contributed by atoms with Crippen molar-refractivity contribution in [2.75, 3.05) is 20.0 Å². The highest BCUT2D eigenvalue weighted by molar-refractivity contribution is 7.90. The van der Waals surface area contributed by atoms with Crippen molar-refractivity contribution in [3.8, 4) is 6.07 Å². The van der Waals surface area contributed by atoms with Gasteiger partial charge < -0.3 is 14.6 Å². The molecule has 2 rings (SSSR count). The van der Waals surface area contributed by atoms with Gasteiger partial charge in [0.1, 0.15) is 11.6 Å². The van der Waals surface area contributed by atoms with E-state index in [9.17, 15) is 18.5 Å². The zero-order valence-corrected chi connectivity index (χ0v) is 18.7. The van der Waals surface area contributed by atoms with Crippen LogP contribution in [0.2, 0.25) is 0 Å². The first-order valence-corrected chi connectivity index (χ1v) is 11.3. The van der Waals surface area contributed by atoms with Crippen LogP contribution in [0, 0.1) is 25.2 Å². The van der Waals surface area contributed by atoms with Gasteiger partial charge >= 0.3 is 0 Å². The van der Waals surface area contributed by atoms with Crippen LogP contribution in [0.5, 0.6) is 0 Å². The van der Waals surface area contributed by atoms with Crippen molar-refractivity contribution < 1.29 is 17.9 Å². The number of rotatable bonds is 8. The van der Waals surface area contributed by atoms with Crippen LogP contribution in [0.15, 0.2) is 40.8 Å². The van der Waals surface area contributed by atoms with Crippen LogP contribution in [0.3, 0.4) is 0 Å². The quantitative estimate of drug-likeness (QED) is 0.514. The molecule has 0 aliphatic heterocycles. The van der Waals surface area contributed by atoms with E-state index in [0.717, 1.165) is 28.8 Å². The number of ether oxygens (including phenoxy) is 1. The number of sulfone groups is 1.